The van der Waals surface area contributed by atoms with Crippen molar-refractivity contribution in [1.82, 2.24) is 0 Å². The number of nitrogens with two attached hydrogens (primary N) is 1. The molecule has 120 valence electrons. The van der Waals surface area contributed by atoms with Gasteiger partial charge >= 0.3 is 5.97 Å². The van der Waals surface area contributed by atoms with Gasteiger partial charge in [0.1, 0.15) is 15.6 Å². The van der Waals surface area contributed by atoms with Crippen molar-refractivity contribution in [2.45, 2.75) is 20.3 Å². The fourth-order valence-electron chi connectivity index (χ4n) is 1.69. The monoisotopic (exact) mass is 316 g/mol. The summed E-state index contributed by atoms with van der Waals surface area (Å²) in [5, 5.41) is 3.95. The number of carbonyl (C=O) groups excluding carboxylic acids is 1. The number of esters is 1. The summed E-state index contributed by atoms with van der Waals surface area (Å²) in [6.07, 6.45) is 0.862. The molecule has 0 saturated heterocycles. The summed E-state index contributed by atoms with van der Waals surface area (Å²) >= 11 is 1.24. The number of ether oxygens (including phenoxy) is 3. The number of rotatable bonds is 9. The molecule has 1 aromatic heterocycles. The van der Waals surface area contributed by atoms with Crippen LogP contribution in [0.15, 0.2) is 0 Å². The summed E-state index contributed by atoms with van der Waals surface area (Å²) in [6, 6.07) is 0. The van der Waals surface area contributed by atoms with E-state index in [1.54, 1.807) is 0 Å². The van der Waals surface area contributed by atoms with Crippen LogP contribution in [0, 0.1) is 5.92 Å². The van der Waals surface area contributed by atoms with Gasteiger partial charge in [-0.1, -0.05) is 13.8 Å². The molecule has 1 aromatic rings. The summed E-state index contributed by atoms with van der Waals surface area (Å²) in [6.45, 7) is 6.41. The minimum atomic E-state index is -0.455. The van der Waals surface area contributed by atoms with Crippen LogP contribution in [-0.4, -0.2) is 39.9 Å². The zero-order chi connectivity index (χ0) is 15.8. The van der Waals surface area contributed by atoms with E-state index in [1.807, 2.05) is 0 Å². The SMILES string of the molecule is COC(=O)c1sc(NCCCOCC(C)C)c(OC)c1N. The van der Waals surface area contributed by atoms with Crippen LogP contribution >= 0.6 is 11.3 Å². The lowest BCUT2D eigenvalue weighted by Gasteiger charge is -2.08. The molecule has 1 heterocycles. The number of carbonyl (C=O) groups is 1. The van der Waals surface area contributed by atoms with E-state index in [2.05, 4.69) is 19.2 Å². The number of anilines is 2. The third-order valence-corrected chi connectivity index (χ3v) is 3.80. The normalized spacial score (nSPS) is 10.7. The highest BCUT2D eigenvalue weighted by molar-refractivity contribution is 7.19. The Bertz CT molecular complexity index is 460. The van der Waals surface area contributed by atoms with Crippen LogP contribution in [0.3, 0.4) is 0 Å². The van der Waals surface area contributed by atoms with Crippen molar-refractivity contribution in [3.8, 4) is 5.75 Å². The van der Waals surface area contributed by atoms with Gasteiger partial charge in [-0.3, -0.25) is 0 Å². The van der Waals surface area contributed by atoms with Crippen molar-refractivity contribution >= 4 is 28.0 Å². The average Bonchev–Trinajstić information content (AvgIpc) is 2.77. The lowest BCUT2D eigenvalue weighted by Crippen LogP contribution is -2.08. The van der Waals surface area contributed by atoms with Gasteiger partial charge in [-0.05, 0) is 12.3 Å². The zero-order valence-corrected chi connectivity index (χ0v) is 13.8. The molecule has 21 heavy (non-hydrogen) atoms. The molecule has 0 aliphatic rings. The molecule has 0 fully saturated rings. The molecule has 3 N–H and O–H groups in total. The standard InChI is InChI=1S/C14H24N2O4S/c1-9(2)8-20-7-5-6-16-13-11(18-3)10(15)12(21-13)14(17)19-4/h9,16H,5-8,15H2,1-4H3. The predicted octanol–water partition coefficient (Wildman–Crippen LogP) is 2.60. The van der Waals surface area contributed by atoms with E-state index in [1.165, 1.54) is 25.6 Å². The van der Waals surface area contributed by atoms with Crippen molar-refractivity contribution in [3.05, 3.63) is 4.88 Å². The van der Waals surface area contributed by atoms with Crippen LogP contribution in [0.4, 0.5) is 10.7 Å². The van der Waals surface area contributed by atoms with Gasteiger partial charge in [0.05, 0.1) is 14.2 Å². The molecule has 0 saturated carbocycles. The second kappa shape index (κ2) is 8.74. The molecule has 0 radical (unpaired) electrons. The number of thiophene rings is 1. The van der Waals surface area contributed by atoms with Crippen LogP contribution in [0.2, 0.25) is 0 Å². The van der Waals surface area contributed by atoms with Gasteiger partial charge in [0, 0.05) is 19.8 Å². The maximum Gasteiger partial charge on any atom is 0.350 e. The van der Waals surface area contributed by atoms with Crippen LogP contribution < -0.4 is 15.8 Å². The maximum absolute atomic E-state index is 11.6. The van der Waals surface area contributed by atoms with Crippen molar-refractivity contribution in [2.75, 3.05) is 45.0 Å². The first kappa shape index (κ1) is 17.6. The first-order chi connectivity index (χ1) is 10.0. The Morgan fingerprint density at radius 2 is 2.10 bits per heavy atom. The maximum atomic E-state index is 11.6. The second-order valence-electron chi connectivity index (χ2n) is 4.95. The highest BCUT2D eigenvalue weighted by Crippen LogP contribution is 2.42. The third-order valence-electron chi connectivity index (χ3n) is 2.68. The largest absolute Gasteiger partial charge is 0.492 e. The summed E-state index contributed by atoms with van der Waals surface area (Å²) in [5.41, 5.74) is 6.21. The molecule has 0 atom stereocenters. The summed E-state index contributed by atoms with van der Waals surface area (Å²) in [5.74, 6) is 0.574. The molecular formula is C14H24N2O4S. The van der Waals surface area contributed by atoms with Gasteiger partial charge in [-0.25, -0.2) is 4.79 Å². The molecule has 0 unspecified atom stereocenters. The number of nitrogen functional groups attached to an aromatic ring is 1. The Labute approximate surface area is 129 Å². The topological polar surface area (TPSA) is 82.8 Å². The van der Waals surface area contributed by atoms with Gasteiger partial charge in [0.15, 0.2) is 5.75 Å². The first-order valence-electron chi connectivity index (χ1n) is 6.87. The van der Waals surface area contributed by atoms with Gasteiger partial charge in [0.25, 0.3) is 0 Å². The molecule has 0 aliphatic carbocycles. The van der Waals surface area contributed by atoms with Gasteiger partial charge in [-0.15, -0.1) is 11.3 Å². The molecule has 0 amide bonds. The smallest absolute Gasteiger partial charge is 0.350 e. The van der Waals surface area contributed by atoms with Crippen LogP contribution in [0.25, 0.3) is 0 Å². The molecule has 6 nitrogen and oxygen atoms in total. The fourth-order valence-corrected chi connectivity index (χ4v) is 2.72. The van der Waals surface area contributed by atoms with Gasteiger partial charge in [0.2, 0.25) is 0 Å². The molecular weight excluding hydrogens is 292 g/mol. The summed E-state index contributed by atoms with van der Waals surface area (Å²) < 4.78 is 15.5. The van der Waals surface area contributed by atoms with Crippen LogP contribution in [-0.2, 0) is 9.47 Å². The molecule has 0 aromatic carbocycles. The van der Waals surface area contributed by atoms with Crippen LogP contribution in [0.1, 0.15) is 29.9 Å². The van der Waals surface area contributed by atoms with Crippen molar-refractivity contribution in [3.63, 3.8) is 0 Å². The van der Waals surface area contributed by atoms with Crippen molar-refractivity contribution < 1.29 is 19.0 Å². The number of hydrogen-bond donors (Lipinski definition) is 2. The number of hydrogen-bond acceptors (Lipinski definition) is 7. The average molecular weight is 316 g/mol. The summed E-state index contributed by atoms with van der Waals surface area (Å²) in [4.78, 5) is 12.0. The lowest BCUT2D eigenvalue weighted by molar-refractivity contribution is 0.0607. The van der Waals surface area contributed by atoms with Gasteiger partial charge < -0.3 is 25.3 Å². The Morgan fingerprint density at radius 3 is 2.67 bits per heavy atom. The second-order valence-corrected chi connectivity index (χ2v) is 5.97. The van der Waals surface area contributed by atoms with Crippen LogP contribution in [0.5, 0.6) is 5.75 Å². The molecule has 0 bridgehead atoms. The van der Waals surface area contributed by atoms with E-state index in [-0.39, 0.29) is 0 Å². The highest BCUT2D eigenvalue weighted by atomic mass is 32.1. The quantitative estimate of drug-likeness (QED) is 0.538. The highest BCUT2D eigenvalue weighted by Gasteiger charge is 2.22. The van der Waals surface area contributed by atoms with Crippen molar-refractivity contribution in [2.24, 2.45) is 5.92 Å². The van der Waals surface area contributed by atoms with E-state index in [9.17, 15) is 4.79 Å². The molecule has 0 spiro atoms. The molecule has 0 aliphatic heterocycles. The molecule has 1 rings (SSSR count). The van der Waals surface area contributed by atoms with E-state index < -0.39 is 5.97 Å². The lowest BCUT2D eigenvalue weighted by atomic mass is 10.2. The fraction of sp³-hybridized carbons (Fsp3) is 0.643. The summed E-state index contributed by atoms with van der Waals surface area (Å²) in [7, 11) is 2.85. The number of methoxy groups -OCH3 is 2. The Morgan fingerprint density at radius 1 is 1.38 bits per heavy atom. The first-order valence-corrected chi connectivity index (χ1v) is 7.69. The van der Waals surface area contributed by atoms with E-state index >= 15 is 0 Å². The van der Waals surface area contributed by atoms with Gasteiger partial charge in [-0.2, -0.15) is 0 Å². The van der Waals surface area contributed by atoms with E-state index in [0.717, 1.165) is 24.6 Å². The molecule has 7 heteroatoms. The Balaban J connectivity index is 2.53. The number of nitrogens with one attached hydrogen (secondary N) is 1. The minimum Gasteiger partial charge on any atom is -0.492 e. The third kappa shape index (κ3) is 5.09. The minimum absolute atomic E-state index is 0.313. The van der Waals surface area contributed by atoms with Crippen molar-refractivity contribution in [1.29, 1.82) is 0 Å². The Kier molecular flexibility index (Phi) is 7.31. The predicted molar refractivity (Wildman–Crippen MR) is 85.4 cm³/mol. The zero-order valence-electron chi connectivity index (χ0n) is 13.0. The van der Waals surface area contributed by atoms with E-state index in [0.29, 0.717) is 28.8 Å². The van der Waals surface area contributed by atoms with E-state index in [4.69, 9.17) is 19.9 Å². The Hall–Kier alpha value is -1.47.